The van der Waals surface area contributed by atoms with Crippen LogP contribution in [0.3, 0.4) is 0 Å². The van der Waals surface area contributed by atoms with E-state index < -0.39 is 35.2 Å². The number of nitrogens with zero attached hydrogens (tertiary/aromatic N) is 2. The second-order valence-electron chi connectivity index (χ2n) is 13.0. The van der Waals surface area contributed by atoms with Gasteiger partial charge in [0.05, 0.1) is 17.3 Å². The molecule has 0 radical (unpaired) electrons. The van der Waals surface area contributed by atoms with Crippen LogP contribution in [0.5, 0.6) is 0 Å². The van der Waals surface area contributed by atoms with Gasteiger partial charge in [-0.25, -0.2) is 4.39 Å². The Morgan fingerprint density at radius 1 is 0.860 bits per heavy atom. The van der Waals surface area contributed by atoms with Gasteiger partial charge in [-0.1, -0.05) is 99.7 Å². The molecule has 2 saturated heterocycles. The van der Waals surface area contributed by atoms with Gasteiger partial charge < -0.3 is 14.6 Å². The Hall–Kier alpha value is -3.76. The third-order valence-corrected chi connectivity index (χ3v) is 9.27. The topological polar surface area (TPSA) is 69.7 Å². The van der Waals surface area contributed by atoms with Crippen LogP contribution < -0.4 is 5.32 Å². The lowest BCUT2D eigenvalue weighted by Crippen LogP contribution is -2.59. The van der Waals surface area contributed by atoms with Crippen molar-refractivity contribution in [1.82, 2.24) is 15.1 Å². The maximum Gasteiger partial charge on any atom is 0.419 e. The summed E-state index contributed by atoms with van der Waals surface area (Å²) in [5.41, 5.74) is -0.186. The van der Waals surface area contributed by atoms with E-state index in [2.05, 4.69) is 12.2 Å². The molecule has 0 aromatic heterocycles. The molecule has 2 aliphatic heterocycles. The number of Topliss-reactive ketones (excluding diaryl/α,β-unsaturated/α-hetero) is 1. The van der Waals surface area contributed by atoms with E-state index in [-0.39, 0.29) is 37.0 Å². The zero-order valence-electron chi connectivity index (χ0n) is 28.8. The number of carbonyl (C=O) groups excluding carboxylic acids is 3. The Bertz CT molecular complexity index is 1530. The molecule has 272 valence electrons. The lowest BCUT2D eigenvalue weighted by Gasteiger charge is -2.44. The summed E-state index contributed by atoms with van der Waals surface area (Å²) in [4.78, 5) is 40.6. The maximum atomic E-state index is 14.1. The summed E-state index contributed by atoms with van der Waals surface area (Å²) in [5.74, 6) is -1.69. The number of unbranched alkanes of at least 4 members (excludes halogenated alkanes) is 5. The highest BCUT2D eigenvalue weighted by Gasteiger charge is 2.51. The molecule has 3 aromatic rings. The van der Waals surface area contributed by atoms with Crippen molar-refractivity contribution in [3.63, 3.8) is 0 Å². The number of hydrogen-bond donors (Lipinski definition) is 1. The summed E-state index contributed by atoms with van der Waals surface area (Å²) >= 11 is 0. The summed E-state index contributed by atoms with van der Waals surface area (Å²) in [6, 6.07) is 21.2. The number of piperidine rings is 1. The van der Waals surface area contributed by atoms with Crippen molar-refractivity contribution in [2.24, 2.45) is 0 Å². The number of amides is 2. The molecule has 5 rings (SSSR count). The number of benzene rings is 3. The van der Waals surface area contributed by atoms with Crippen LogP contribution in [0.15, 0.2) is 78.9 Å². The van der Waals surface area contributed by atoms with E-state index in [0.717, 1.165) is 30.0 Å². The number of hydrogen-bond acceptors (Lipinski definition) is 4. The van der Waals surface area contributed by atoms with Gasteiger partial charge in [0.25, 0.3) is 5.91 Å². The summed E-state index contributed by atoms with van der Waals surface area (Å²) in [6.07, 6.45) is 4.98. The van der Waals surface area contributed by atoms with Gasteiger partial charge in [0, 0.05) is 44.5 Å². The normalized spacial score (nSPS) is 16.8. The Morgan fingerprint density at radius 3 is 2.00 bits per heavy atom. The molecule has 2 heterocycles. The lowest BCUT2D eigenvalue weighted by molar-refractivity contribution is -0.140. The van der Waals surface area contributed by atoms with Crippen LogP contribution in [0.25, 0.3) is 0 Å². The molecule has 1 atom stereocenters. The number of carbonyl (C=O) groups is 3. The van der Waals surface area contributed by atoms with Crippen molar-refractivity contribution in [2.45, 2.75) is 102 Å². The minimum absolute atomic E-state index is 0. The predicted octanol–water partition coefficient (Wildman–Crippen LogP) is 8.77. The first kappa shape index (κ1) is 40.7. The number of alkyl halides is 3. The molecule has 6 nitrogen and oxygen atoms in total. The summed E-state index contributed by atoms with van der Waals surface area (Å²) in [7, 11) is 0. The van der Waals surface area contributed by atoms with Gasteiger partial charge in [0.1, 0.15) is 11.6 Å². The van der Waals surface area contributed by atoms with Gasteiger partial charge in [0.15, 0.2) is 0 Å². The van der Waals surface area contributed by atoms with E-state index in [4.69, 9.17) is 0 Å². The van der Waals surface area contributed by atoms with Crippen LogP contribution in [-0.2, 0) is 28.7 Å². The van der Waals surface area contributed by atoms with Crippen LogP contribution in [0, 0.1) is 5.82 Å². The number of nitrogens with one attached hydrogen (secondary N) is 1. The molecule has 0 saturated carbocycles. The fourth-order valence-corrected chi connectivity index (χ4v) is 6.56. The first-order valence-electron chi connectivity index (χ1n) is 17.3. The van der Waals surface area contributed by atoms with E-state index in [0.29, 0.717) is 43.7 Å². The Morgan fingerprint density at radius 2 is 1.44 bits per heavy atom. The fraction of sp³-hybridized carbons (Fsp3) is 0.462. The number of likely N-dealkylation sites (tertiary alicyclic amines) is 1. The maximum absolute atomic E-state index is 14.1. The van der Waals surface area contributed by atoms with E-state index in [1.165, 1.54) is 37.0 Å². The molecule has 2 fully saturated rings. The molecule has 2 aliphatic rings. The molecule has 11 heteroatoms. The molecular weight excluding hydrogens is 670 g/mol. The molecule has 0 bridgehead atoms. The molecule has 0 aliphatic carbocycles. The minimum Gasteiger partial charge on any atom is -0.338 e. The van der Waals surface area contributed by atoms with E-state index in [1.807, 2.05) is 65.6 Å². The summed E-state index contributed by atoms with van der Waals surface area (Å²) in [5, 5.41) is 3.56. The molecule has 0 unspecified atom stereocenters. The van der Waals surface area contributed by atoms with Gasteiger partial charge in [0.2, 0.25) is 5.91 Å². The van der Waals surface area contributed by atoms with Crippen molar-refractivity contribution in [3.8, 4) is 0 Å². The lowest BCUT2D eigenvalue weighted by atomic mass is 9.94. The van der Waals surface area contributed by atoms with Crippen LogP contribution in [0.1, 0.15) is 98.7 Å². The van der Waals surface area contributed by atoms with Gasteiger partial charge in [-0.05, 0) is 49.1 Å². The second-order valence-corrected chi connectivity index (χ2v) is 13.0. The predicted molar refractivity (Wildman–Crippen MR) is 189 cm³/mol. The smallest absolute Gasteiger partial charge is 0.338 e. The minimum atomic E-state index is -4.83. The largest absolute Gasteiger partial charge is 0.419 e. The standard InChI is InChI=1S/C29H27F4N3O2.C10H20O.ClH/c30-24-18-22(11-12-23(24)29(31,32)33)26(37)35-15-13-28(14-16-35)34-25(17-20-7-3-1-4-8-20)27(38)36(28)19-21-9-5-2-6-10-21;1-3-4-5-6-7-8-9-10(2)11;/h1-12,18,25,34H,13-17,19H2;3-9H2,1-2H3;1H/t25-;;/m0../s1. The van der Waals surface area contributed by atoms with Crippen LogP contribution in [0.2, 0.25) is 0 Å². The Labute approximate surface area is 299 Å². The van der Waals surface area contributed by atoms with Crippen molar-refractivity contribution in [1.29, 1.82) is 0 Å². The Kier molecular flexibility index (Phi) is 15.5. The highest BCUT2D eigenvalue weighted by Crippen LogP contribution is 2.36. The third-order valence-electron chi connectivity index (χ3n) is 9.27. The number of halogens is 5. The molecule has 1 spiro atoms. The van der Waals surface area contributed by atoms with Crippen molar-refractivity contribution in [3.05, 3.63) is 107 Å². The van der Waals surface area contributed by atoms with Crippen LogP contribution in [0.4, 0.5) is 17.6 Å². The summed E-state index contributed by atoms with van der Waals surface area (Å²) in [6.45, 7) is 4.84. The zero-order valence-corrected chi connectivity index (χ0v) is 29.6. The average molecular weight is 718 g/mol. The van der Waals surface area contributed by atoms with Gasteiger partial charge >= 0.3 is 6.18 Å². The van der Waals surface area contributed by atoms with Gasteiger partial charge in [-0.3, -0.25) is 14.9 Å². The van der Waals surface area contributed by atoms with E-state index in [1.54, 1.807) is 6.92 Å². The quantitative estimate of drug-likeness (QED) is 0.150. The highest BCUT2D eigenvalue weighted by atomic mass is 35.5. The third kappa shape index (κ3) is 11.1. The molecule has 50 heavy (non-hydrogen) atoms. The first-order chi connectivity index (χ1) is 23.4. The summed E-state index contributed by atoms with van der Waals surface area (Å²) < 4.78 is 52.9. The van der Waals surface area contributed by atoms with Crippen molar-refractivity contribution in [2.75, 3.05) is 13.1 Å². The van der Waals surface area contributed by atoms with Gasteiger partial charge in [-0.2, -0.15) is 13.2 Å². The average Bonchev–Trinajstić information content (AvgIpc) is 3.32. The van der Waals surface area contributed by atoms with E-state index >= 15 is 0 Å². The molecular formula is C39H48ClF4N3O3. The van der Waals surface area contributed by atoms with Crippen LogP contribution >= 0.6 is 12.4 Å². The zero-order chi connectivity index (χ0) is 35.4. The fourth-order valence-electron chi connectivity index (χ4n) is 6.56. The van der Waals surface area contributed by atoms with Crippen molar-refractivity contribution >= 4 is 30.0 Å². The van der Waals surface area contributed by atoms with Gasteiger partial charge in [-0.15, -0.1) is 12.4 Å². The second kappa shape index (κ2) is 19.0. The highest BCUT2D eigenvalue weighted by molar-refractivity contribution is 5.94. The SMILES string of the molecule is CCCCCCCCC(C)=O.Cl.O=C(c1ccc(C(F)(F)F)c(F)c1)N1CCC2(CC1)N[C@@H](Cc1ccccc1)C(=O)N2Cc1ccccc1. The molecule has 1 N–H and O–H groups in total. The first-order valence-corrected chi connectivity index (χ1v) is 17.3. The molecule has 2 amide bonds. The van der Waals surface area contributed by atoms with E-state index in [9.17, 15) is 31.9 Å². The molecule has 3 aromatic carbocycles. The van der Waals surface area contributed by atoms with Crippen LogP contribution in [-0.4, -0.2) is 52.2 Å². The Balaban J connectivity index is 0.000000488. The monoisotopic (exact) mass is 717 g/mol. The van der Waals surface area contributed by atoms with Crippen molar-refractivity contribution < 1.29 is 31.9 Å². The number of rotatable bonds is 12. The number of ketones is 1.